The number of rotatable bonds is 2. The molecule has 0 aromatic heterocycles. The molecule has 1 heterocycles. The van der Waals surface area contributed by atoms with Gasteiger partial charge in [0.2, 0.25) is 5.50 Å². The summed E-state index contributed by atoms with van der Waals surface area (Å²) in [5.74, 6) is -0.481. The Morgan fingerprint density at radius 3 is 2.16 bits per heavy atom. The third-order valence-corrected chi connectivity index (χ3v) is 4.21. The van der Waals surface area contributed by atoms with Gasteiger partial charge in [0.05, 0.1) is 0 Å². The Labute approximate surface area is 115 Å². The highest BCUT2D eigenvalue weighted by atomic mass is 32.2. The monoisotopic (exact) mass is 273 g/mol. The van der Waals surface area contributed by atoms with Crippen LogP contribution in [-0.2, 0) is 4.79 Å². The van der Waals surface area contributed by atoms with Gasteiger partial charge in [-0.25, -0.2) is 4.39 Å². The summed E-state index contributed by atoms with van der Waals surface area (Å²) >= 11 is 1.04. The van der Waals surface area contributed by atoms with E-state index in [1.165, 1.54) is 4.90 Å². The Morgan fingerprint density at radius 2 is 1.53 bits per heavy atom. The van der Waals surface area contributed by atoms with Crippen molar-refractivity contribution in [3.05, 3.63) is 66.2 Å². The fraction of sp³-hybridized carbons (Fsp3) is 0.133. The van der Waals surface area contributed by atoms with E-state index < -0.39 is 11.4 Å². The molecule has 3 rings (SSSR count). The van der Waals surface area contributed by atoms with E-state index in [-0.39, 0.29) is 5.37 Å². The van der Waals surface area contributed by atoms with Gasteiger partial charge in [0, 0.05) is 5.69 Å². The number of alkyl halides is 1. The number of halogens is 1. The fourth-order valence-electron chi connectivity index (χ4n) is 2.15. The van der Waals surface area contributed by atoms with Crippen molar-refractivity contribution in [2.24, 2.45) is 0 Å². The molecule has 1 aliphatic heterocycles. The minimum atomic E-state index is -1.49. The van der Waals surface area contributed by atoms with E-state index in [2.05, 4.69) is 0 Å². The SMILES string of the molecule is O=C1[C@@H](F)S[C@@H](c2ccccc2)N1c1ccccc1. The van der Waals surface area contributed by atoms with Crippen LogP contribution in [-0.4, -0.2) is 11.4 Å². The summed E-state index contributed by atoms with van der Waals surface area (Å²) in [6.07, 6.45) is 0. The van der Waals surface area contributed by atoms with E-state index in [1.54, 1.807) is 0 Å². The van der Waals surface area contributed by atoms with E-state index in [0.29, 0.717) is 0 Å². The van der Waals surface area contributed by atoms with E-state index >= 15 is 0 Å². The van der Waals surface area contributed by atoms with Crippen LogP contribution in [0.25, 0.3) is 0 Å². The molecule has 1 amide bonds. The molecule has 2 nitrogen and oxygen atoms in total. The average molecular weight is 273 g/mol. The second-order valence-electron chi connectivity index (χ2n) is 4.26. The summed E-state index contributed by atoms with van der Waals surface area (Å²) in [7, 11) is 0. The highest BCUT2D eigenvalue weighted by molar-refractivity contribution is 8.01. The molecule has 0 saturated carbocycles. The maximum atomic E-state index is 13.8. The Morgan fingerprint density at radius 1 is 0.947 bits per heavy atom. The van der Waals surface area contributed by atoms with Gasteiger partial charge >= 0.3 is 0 Å². The Hall–Kier alpha value is -1.81. The van der Waals surface area contributed by atoms with Crippen LogP contribution in [0.15, 0.2) is 60.7 Å². The largest absolute Gasteiger partial charge is 0.292 e. The van der Waals surface area contributed by atoms with Crippen molar-refractivity contribution in [1.82, 2.24) is 0 Å². The minimum Gasteiger partial charge on any atom is -0.292 e. The first-order chi connectivity index (χ1) is 9.27. The molecule has 1 aliphatic rings. The second kappa shape index (κ2) is 5.05. The van der Waals surface area contributed by atoms with Crippen molar-refractivity contribution < 1.29 is 9.18 Å². The van der Waals surface area contributed by atoms with Crippen LogP contribution in [0.1, 0.15) is 10.9 Å². The first-order valence-electron chi connectivity index (χ1n) is 6.00. The number of thioether (sulfide) groups is 1. The molecule has 0 radical (unpaired) electrons. The van der Waals surface area contributed by atoms with Crippen molar-refractivity contribution in [1.29, 1.82) is 0 Å². The summed E-state index contributed by atoms with van der Waals surface area (Å²) < 4.78 is 13.8. The van der Waals surface area contributed by atoms with Crippen molar-refractivity contribution >= 4 is 23.4 Å². The van der Waals surface area contributed by atoms with Gasteiger partial charge in [-0.2, -0.15) is 0 Å². The van der Waals surface area contributed by atoms with Crippen LogP contribution in [0, 0.1) is 0 Å². The normalized spacial score (nSPS) is 22.8. The summed E-state index contributed by atoms with van der Waals surface area (Å²) in [5, 5.41) is -0.300. The number of amides is 1. The van der Waals surface area contributed by atoms with Crippen molar-refractivity contribution in [3.63, 3.8) is 0 Å². The predicted molar refractivity (Wildman–Crippen MR) is 75.6 cm³/mol. The zero-order valence-corrected chi connectivity index (χ0v) is 10.9. The lowest BCUT2D eigenvalue weighted by molar-refractivity contribution is -0.120. The molecule has 2 aromatic rings. The third kappa shape index (κ3) is 2.24. The lowest BCUT2D eigenvalue weighted by atomic mass is 10.2. The highest BCUT2D eigenvalue weighted by Crippen LogP contribution is 2.45. The van der Waals surface area contributed by atoms with E-state index in [9.17, 15) is 9.18 Å². The molecule has 0 bridgehead atoms. The van der Waals surface area contributed by atoms with Gasteiger partial charge in [-0.15, -0.1) is 0 Å². The summed E-state index contributed by atoms with van der Waals surface area (Å²) in [6.45, 7) is 0. The molecule has 0 spiro atoms. The summed E-state index contributed by atoms with van der Waals surface area (Å²) in [6, 6.07) is 18.8. The molecule has 0 N–H and O–H groups in total. The highest BCUT2D eigenvalue weighted by Gasteiger charge is 2.42. The standard InChI is InChI=1S/C15H12FNOS/c16-13-14(18)17(12-9-5-2-6-10-12)15(19-13)11-7-3-1-4-8-11/h1-10,13,15H/t13-,15-/m0/s1. The number of nitrogens with zero attached hydrogens (tertiary/aromatic N) is 1. The number of anilines is 1. The lowest BCUT2D eigenvalue weighted by Crippen LogP contribution is -2.29. The van der Waals surface area contributed by atoms with Gasteiger partial charge < -0.3 is 0 Å². The predicted octanol–water partition coefficient (Wildman–Crippen LogP) is 3.76. The number of hydrogen-bond acceptors (Lipinski definition) is 2. The first-order valence-corrected chi connectivity index (χ1v) is 6.94. The summed E-state index contributed by atoms with van der Waals surface area (Å²) in [5.41, 5.74) is 0.171. The number of hydrogen-bond donors (Lipinski definition) is 0. The second-order valence-corrected chi connectivity index (χ2v) is 5.39. The Kier molecular flexibility index (Phi) is 3.25. The minimum absolute atomic E-state index is 0.300. The van der Waals surface area contributed by atoms with Gasteiger partial charge in [-0.1, -0.05) is 60.3 Å². The van der Waals surface area contributed by atoms with Crippen LogP contribution in [0.4, 0.5) is 10.1 Å². The van der Waals surface area contributed by atoms with Crippen molar-refractivity contribution in [3.8, 4) is 0 Å². The summed E-state index contributed by atoms with van der Waals surface area (Å²) in [4.78, 5) is 13.6. The van der Waals surface area contributed by atoms with Crippen molar-refractivity contribution in [2.45, 2.75) is 10.9 Å². The van der Waals surface area contributed by atoms with Crippen LogP contribution < -0.4 is 4.90 Å². The maximum Gasteiger partial charge on any atom is 0.273 e. The van der Waals surface area contributed by atoms with E-state index in [0.717, 1.165) is 23.0 Å². The fourth-order valence-corrected chi connectivity index (χ4v) is 3.27. The molecule has 2 aromatic carbocycles. The molecule has 0 unspecified atom stereocenters. The molecule has 2 atom stereocenters. The smallest absolute Gasteiger partial charge is 0.273 e. The van der Waals surface area contributed by atoms with E-state index in [4.69, 9.17) is 0 Å². The van der Waals surface area contributed by atoms with Gasteiger partial charge in [0.25, 0.3) is 5.91 Å². The molecule has 19 heavy (non-hydrogen) atoms. The number of para-hydroxylation sites is 1. The van der Waals surface area contributed by atoms with Crippen LogP contribution in [0.3, 0.4) is 0 Å². The molecule has 0 aliphatic carbocycles. The Balaban J connectivity index is 2.02. The average Bonchev–Trinajstić information content (AvgIpc) is 2.77. The molecule has 96 valence electrons. The number of benzene rings is 2. The molecule has 1 saturated heterocycles. The first kappa shape index (κ1) is 12.2. The maximum absolute atomic E-state index is 13.8. The number of carbonyl (C=O) groups excluding carboxylic acids is 1. The van der Waals surface area contributed by atoms with Gasteiger partial charge in [0.1, 0.15) is 5.37 Å². The molecular formula is C15H12FNOS. The zero-order chi connectivity index (χ0) is 13.2. The quantitative estimate of drug-likeness (QED) is 0.830. The third-order valence-electron chi connectivity index (χ3n) is 3.03. The van der Waals surface area contributed by atoms with Crippen molar-refractivity contribution in [2.75, 3.05) is 4.90 Å². The van der Waals surface area contributed by atoms with Gasteiger partial charge in [0.15, 0.2) is 0 Å². The molecular weight excluding hydrogens is 261 g/mol. The van der Waals surface area contributed by atoms with Crippen LogP contribution in [0.5, 0.6) is 0 Å². The van der Waals surface area contributed by atoms with E-state index in [1.807, 2.05) is 60.7 Å². The lowest BCUT2D eigenvalue weighted by Gasteiger charge is -2.23. The van der Waals surface area contributed by atoms with Crippen LogP contribution >= 0.6 is 11.8 Å². The molecule has 4 heteroatoms. The molecule has 1 fully saturated rings. The topological polar surface area (TPSA) is 20.3 Å². The Bertz CT molecular complexity index is 575. The van der Waals surface area contributed by atoms with Gasteiger partial charge in [-0.3, -0.25) is 9.69 Å². The zero-order valence-electron chi connectivity index (χ0n) is 10.1. The number of carbonyl (C=O) groups is 1. The van der Waals surface area contributed by atoms with Gasteiger partial charge in [-0.05, 0) is 17.7 Å². The van der Waals surface area contributed by atoms with Crippen LogP contribution in [0.2, 0.25) is 0 Å².